The number of nitrogens with zero attached hydrogens (tertiary/aromatic N) is 1. The smallest absolute Gasteiger partial charge is 0.134 e. The lowest BCUT2D eigenvalue weighted by molar-refractivity contribution is 0.0388. The molecule has 0 amide bonds. The average molecular weight is 359 g/mol. The molecule has 4 rings (SSSR count). The first kappa shape index (κ1) is 17.2. The normalized spacial score (nSPS) is 18.6. The van der Waals surface area contributed by atoms with Crippen LogP contribution >= 0.6 is 0 Å². The number of ether oxygens (including phenoxy) is 1. The van der Waals surface area contributed by atoms with Crippen molar-refractivity contribution in [3.63, 3.8) is 0 Å². The van der Waals surface area contributed by atoms with Crippen LogP contribution in [0.4, 0.5) is 13.2 Å². The minimum Gasteiger partial charge on any atom is -0.482 e. The molecule has 2 heterocycles. The number of halogens is 3. The van der Waals surface area contributed by atoms with E-state index in [1.165, 1.54) is 18.2 Å². The number of likely N-dealkylation sites (tertiary alicyclic amines) is 1. The molecule has 0 aliphatic carbocycles. The molecule has 2 aromatic carbocycles. The SMILES string of the molecule is Fc1ccc(CCN2CCC3(C=Cc4c(F)cccc4O3)CC2)c(F)c1. The zero-order chi connectivity index (χ0) is 18.1. The largest absolute Gasteiger partial charge is 0.482 e. The Morgan fingerprint density at radius 1 is 1.00 bits per heavy atom. The Morgan fingerprint density at radius 3 is 2.58 bits per heavy atom. The van der Waals surface area contributed by atoms with Crippen LogP contribution in [0.5, 0.6) is 5.75 Å². The number of benzene rings is 2. The average Bonchev–Trinajstić information content (AvgIpc) is 2.63. The molecule has 0 unspecified atom stereocenters. The maximum absolute atomic E-state index is 13.8. The fourth-order valence-electron chi connectivity index (χ4n) is 3.68. The molecule has 26 heavy (non-hydrogen) atoms. The zero-order valence-corrected chi connectivity index (χ0v) is 14.4. The van der Waals surface area contributed by atoms with Gasteiger partial charge in [0, 0.05) is 38.5 Å². The molecule has 5 heteroatoms. The quantitative estimate of drug-likeness (QED) is 0.795. The monoisotopic (exact) mass is 359 g/mol. The van der Waals surface area contributed by atoms with Gasteiger partial charge in [0.05, 0.1) is 5.56 Å². The van der Waals surface area contributed by atoms with Gasteiger partial charge in [0.2, 0.25) is 0 Å². The molecular formula is C21H20F3NO. The fraction of sp³-hybridized carbons (Fsp3) is 0.333. The van der Waals surface area contributed by atoms with Crippen molar-refractivity contribution in [2.75, 3.05) is 19.6 Å². The molecule has 0 saturated carbocycles. The van der Waals surface area contributed by atoms with Gasteiger partial charge in [-0.15, -0.1) is 0 Å². The highest BCUT2D eigenvalue weighted by Gasteiger charge is 2.37. The second kappa shape index (κ2) is 6.80. The third kappa shape index (κ3) is 3.36. The zero-order valence-electron chi connectivity index (χ0n) is 14.4. The summed E-state index contributed by atoms with van der Waals surface area (Å²) in [5.74, 6) is -0.721. The minimum atomic E-state index is -0.552. The predicted octanol–water partition coefficient (Wildman–Crippen LogP) is 4.59. The second-order valence-electron chi connectivity index (χ2n) is 6.98. The van der Waals surface area contributed by atoms with Crippen molar-refractivity contribution < 1.29 is 17.9 Å². The van der Waals surface area contributed by atoms with Crippen molar-refractivity contribution in [1.82, 2.24) is 4.90 Å². The van der Waals surface area contributed by atoms with Crippen LogP contribution in [-0.4, -0.2) is 30.1 Å². The summed E-state index contributed by atoms with van der Waals surface area (Å²) in [6, 6.07) is 8.62. The van der Waals surface area contributed by atoms with Gasteiger partial charge in [-0.05, 0) is 42.3 Å². The van der Waals surface area contributed by atoms with Gasteiger partial charge in [-0.25, -0.2) is 13.2 Å². The first-order chi connectivity index (χ1) is 12.5. The molecule has 0 atom stereocenters. The highest BCUT2D eigenvalue weighted by Crippen LogP contribution is 2.37. The van der Waals surface area contributed by atoms with Crippen LogP contribution in [0.15, 0.2) is 42.5 Å². The number of hydrogen-bond donors (Lipinski definition) is 0. The highest BCUT2D eigenvalue weighted by atomic mass is 19.1. The van der Waals surface area contributed by atoms with Gasteiger partial charge in [0.25, 0.3) is 0 Å². The molecule has 1 saturated heterocycles. The molecule has 2 aliphatic heterocycles. The molecular weight excluding hydrogens is 339 g/mol. The van der Waals surface area contributed by atoms with Crippen LogP contribution in [0.1, 0.15) is 24.0 Å². The maximum atomic E-state index is 13.8. The number of piperidine rings is 1. The van der Waals surface area contributed by atoms with Gasteiger partial charge in [-0.1, -0.05) is 12.1 Å². The molecule has 1 spiro atoms. The topological polar surface area (TPSA) is 12.5 Å². The van der Waals surface area contributed by atoms with E-state index in [0.717, 1.165) is 32.0 Å². The molecule has 1 fully saturated rings. The lowest BCUT2D eigenvalue weighted by Crippen LogP contribution is -2.48. The Kier molecular flexibility index (Phi) is 4.49. The van der Waals surface area contributed by atoms with Crippen molar-refractivity contribution in [3.8, 4) is 5.75 Å². The van der Waals surface area contributed by atoms with Gasteiger partial charge < -0.3 is 9.64 Å². The summed E-state index contributed by atoms with van der Waals surface area (Å²) in [6.07, 6.45) is 5.92. The minimum absolute atomic E-state index is 0.271. The summed E-state index contributed by atoms with van der Waals surface area (Å²) in [4.78, 5) is 2.26. The summed E-state index contributed by atoms with van der Waals surface area (Å²) in [5.41, 5.74) is 0.649. The van der Waals surface area contributed by atoms with Crippen LogP contribution in [-0.2, 0) is 6.42 Å². The number of rotatable bonds is 3. The molecule has 0 radical (unpaired) electrons. The van der Waals surface area contributed by atoms with Gasteiger partial charge in [-0.2, -0.15) is 0 Å². The standard InChI is InChI=1S/C21H20F3NO/c22-16-5-4-15(19(24)14-16)7-11-25-12-9-21(10-13-25)8-6-17-18(23)2-1-3-20(17)26-21/h1-6,8,14H,7,9-13H2. The van der Waals surface area contributed by atoms with E-state index in [2.05, 4.69) is 4.90 Å². The Bertz CT molecular complexity index is 841. The Labute approximate surface area is 150 Å². The Balaban J connectivity index is 1.36. The number of fused-ring (bicyclic) bond motifs is 1. The van der Waals surface area contributed by atoms with E-state index < -0.39 is 17.2 Å². The van der Waals surface area contributed by atoms with Crippen molar-refractivity contribution in [2.24, 2.45) is 0 Å². The lowest BCUT2D eigenvalue weighted by atomic mass is 9.88. The predicted molar refractivity (Wildman–Crippen MR) is 94.5 cm³/mol. The van der Waals surface area contributed by atoms with Crippen molar-refractivity contribution in [3.05, 3.63) is 71.1 Å². The molecule has 2 aliphatic rings. The maximum Gasteiger partial charge on any atom is 0.134 e. The van der Waals surface area contributed by atoms with Crippen LogP contribution < -0.4 is 4.74 Å². The molecule has 0 N–H and O–H groups in total. The third-order valence-corrected chi connectivity index (χ3v) is 5.29. The van der Waals surface area contributed by atoms with E-state index in [0.29, 0.717) is 29.8 Å². The fourth-order valence-corrected chi connectivity index (χ4v) is 3.68. The Hall–Kier alpha value is -2.27. The van der Waals surface area contributed by atoms with E-state index in [4.69, 9.17) is 4.74 Å². The highest BCUT2D eigenvalue weighted by molar-refractivity contribution is 5.61. The van der Waals surface area contributed by atoms with Crippen molar-refractivity contribution >= 4 is 6.08 Å². The summed E-state index contributed by atoms with van der Waals surface area (Å²) in [6.45, 7) is 2.35. The van der Waals surface area contributed by atoms with Crippen LogP contribution in [0.3, 0.4) is 0 Å². The van der Waals surface area contributed by atoms with Gasteiger partial charge >= 0.3 is 0 Å². The van der Waals surface area contributed by atoms with Gasteiger partial charge in [0.15, 0.2) is 0 Å². The summed E-state index contributed by atoms with van der Waals surface area (Å²) < 4.78 is 46.7. The van der Waals surface area contributed by atoms with E-state index in [9.17, 15) is 13.2 Å². The van der Waals surface area contributed by atoms with Crippen LogP contribution in [0, 0.1) is 17.5 Å². The van der Waals surface area contributed by atoms with E-state index in [1.807, 2.05) is 12.2 Å². The van der Waals surface area contributed by atoms with Crippen molar-refractivity contribution in [1.29, 1.82) is 0 Å². The summed E-state index contributed by atoms with van der Waals surface area (Å²) in [5, 5.41) is 0. The third-order valence-electron chi connectivity index (χ3n) is 5.29. The second-order valence-corrected chi connectivity index (χ2v) is 6.98. The van der Waals surface area contributed by atoms with Crippen LogP contribution in [0.2, 0.25) is 0 Å². The van der Waals surface area contributed by atoms with Crippen molar-refractivity contribution in [2.45, 2.75) is 24.9 Å². The van der Waals surface area contributed by atoms with Gasteiger partial charge in [-0.3, -0.25) is 0 Å². The van der Waals surface area contributed by atoms with Gasteiger partial charge in [0.1, 0.15) is 28.8 Å². The molecule has 0 bridgehead atoms. The van der Waals surface area contributed by atoms with E-state index in [1.54, 1.807) is 12.1 Å². The molecule has 2 aromatic rings. The summed E-state index contributed by atoms with van der Waals surface area (Å²) >= 11 is 0. The molecule has 0 aromatic heterocycles. The molecule has 136 valence electrons. The number of hydrogen-bond acceptors (Lipinski definition) is 2. The molecule has 2 nitrogen and oxygen atoms in total. The summed E-state index contributed by atoms with van der Waals surface area (Å²) in [7, 11) is 0. The van der Waals surface area contributed by atoms with E-state index >= 15 is 0 Å². The first-order valence-electron chi connectivity index (χ1n) is 8.88. The first-order valence-corrected chi connectivity index (χ1v) is 8.88. The van der Waals surface area contributed by atoms with E-state index in [-0.39, 0.29) is 5.82 Å². The Morgan fingerprint density at radius 2 is 1.81 bits per heavy atom. The van der Waals surface area contributed by atoms with Crippen LogP contribution in [0.25, 0.3) is 6.08 Å². The lowest BCUT2D eigenvalue weighted by Gasteiger charge is -2.42.